The zero-order valence-electron chi connectivity index (χ0n) is 11.8. The van der Waals surface area contributed by atoms with Gasteiger partial charge in [0.25, 0.3) is 0 Å². The van der Waals surface area contributed by atoms with Crippen LogP contribution in [0.15, 0.2) is 30.3 Å². The van der Waals surface area contributed by atoms with Gasteiger partial charge in [0.05, 0.1) is 10.7 Å². The van der Waals surface area contributed by atoms with E-state index in [4.69, 9.17) is 29.6 Å². The first kappa shape index (κ1) is 14.8. The molecule has 104 valence electrons. The zero-order valence-corrected chi connectivity index (χ0v) is 13.3. The van der Waals surface area contributed by atoms with Crippen molar-refractivity contribution in [2.45, 2.75) is 20.8 Å². The maximum Gasteiger partial charge on any atom is 0.104 e. The highest BCUT2D eigenvalue weighted by Gasteiger charge is 2.08. The number of halogens is 1. The molecule has 0 heterocycles. The first-order chi connectivity index (χ1) is 9.38. The van der Waals surface area contributed by atoms with Crippen molar-refractivity contribution in [1.29, 1.82) is 0 Å². The second-order valence-electron chi connectivity index (χ2n) is 4.96. The van der Waals surface area contributed by atoms with Crippen LogP contribution in [0.1, 0.15) is 22.3 Å². The van der Waals surface area contributed by atoms with Crippen molar-refractivity contribution in [1.82, 2.24) is 0 Å². The van der Waals surface area contributed by atoms with Gasteiger partial charge in [0.1, 0.15) is 4.99 Å². The Kier molecular flexibility index (Phi) is 4.31. The van der Waals surface area contributed by atoms with Gasteiger partial charge < -0.3 is 11.1 Å². The van der Waals surface area contributed by atoms with Crippen LogP contribution in [0.25, 0.3) is 0 Å². The van der Waals surface area contributed by atoms with E-state index in [1.807, 2.05) is 12.1 Å². The minimum absolute atomic E-state index is 0.348. The van der Waals surface area contributed by atoms with E-state index in [2.05, 4.69) is 38.2 Å². The van der Waals surface area contributed by atoms with Crippen LogP contribution in [-0.4, -0.2) is 4.99 Å². The van der Waals surface area contributed by atoms with E-state index in [0.717, 1.165) is 16.9 Å². The van der Waals surface area contributed by atoms with Crippen LogP contribution < -0.4 is 11.1 Å². The second-order valence-corrected chi connectivity index (χ2v) is 5.80. The highest BCUT2D eigenvalue weighted by atomic mass is 35.5. The smallest absolute Gasteiger partial charge is 0.104 e. The molecule has 0 radical (unpaired) electrons. The van der Waals surface area contributed by atoms with Crippen LogP contribution in [0.5, 0.6) is 0 Å². The van der Waals surface area contributed by atoms with Gasteiger partial charge >= 0.3 is 0 Å². The quantitative estimate of drug-likeness (QED) is 0.811. The van der Waals surface area contributed by atoms with Gasteiger partial charge in [-0.1, -0.05) is 41.5 Å². The molecule has 0 spiro atoms. The van der Waals surface area contributed by atoms with Gasteiger partial charge in [0.15, 0.2) is 0 Å². The van der Waals surface area contributed by atoms with Crippen LogP contribution in [0.3, 0.4) is 0 Å². The molecule has 0 aliphatic heterocycles. The number of thiocarbonyl (C=S) groups is 1. The Labute approximate surface area is 130 Å². The molecule has 20 heavy (non-hydrogen) atoms. The Morgan fingerprint density at radius 2 is 1.70 bits per heavy atom. The highest BCUT2D eigenvalue weighted by Crippen LogP contribution is 2.30. The summed E-state index contributed by atoms with van der Waals surface area (Å²) in [5, 5.41) is 3.99. The summed E-state index contributed by atoms with van der Waals surface area (Å²) in [7, 11) is 0. The van der Waals surface area contributed by atoms with Crippen molar-refractivity contribution >= 4 is 40.2 Å². The van der Waals surface area contributed by atoms with E-state index in [0.29, 0.717) is 10.0 Å². The lowest BCUT2D eigenvalue weighted by Crippen LogP contribution is -2.09. The summed E-state index contributed by atoms with van der Waals surface area (Å²) in [6, 6.07) is 9.84. The summed E-state index contributed by atoms with van der Waals surface area (Å²) in [4.78, 5) is 0.348. The van der Waals surface area contributed by atoms with Gasteiger partial charge in [0.2, 0.25) is 0 Å². The molecule has 0 atom stereocenters. The fraction of sp³-hybridized carbons (Fsp3) is 0.188. The Balaban J connectivity index is 2.38. The first-order valence-electron chi connectivity index (χ1n) is 6.32. The monoisotopic (exact) mass is 304 g/mol. The van der Waals surface area contributed by atoms with Gasteiger partial charge in [-0.15, -0.1) is 0 Å². The number of benzene rings is 2. The van der Waals surface area contributed by atoms with Crippen LogP contribution in [-0.2, 0) is 0 Å². The van der Waals surface area contributed by atoms with Gasteiger partial charge in [0, 0.05) is 11.3 Å². The van der Waals surface area contributed by atoms with Gasteiger partial charge in [-0.2, -0.15) is 0 Å². The summed E-state index contributed by atoms with van der Waals surface area (Å²) in [6.07, 6.45) is 0. The topological polar surface area (TPSA) is 38.0 Å². The molecular weight excluding hydrogens is 288 g/mol. The van der Waals surface area contributed by atoms with E-state index in [1.165, 1.54) is 16.7 Å². The molecule has 0 fully saturated rings. The molecule has 0 saturated heterocycles. The molecule has 0 unspecified atom stereocenters. The number of hydrogen-bond donors (Lipinski definition) is 2. The molecule has 3 N–H and O–H groups in total. The Bertz CT molecular complexity index is 657. The van der Waals surface area contributed by atoms with Crippen molar-refractivity contribution in [3.8, 4) is 0 Å². The van der Waals surface area contributed by atoms with Crippen molar-refractivity contribution < 1.29 is 0 Å². The molecule has 2 nitrogen and oxygen atoms in total. The lowest BCUT2D eigenvalue weighted by molar-refractivity contribution is 1.31. The molecule has 0 aliphatic carbocycles. The van der Waals surface area contributed by atoms with E-state index < -0.39 is 0 Å². The third kappa shape index (κ3) is 3.11. The minimum Gasteiger partial charge on any atom is -0.389 e. The molecule has 0 saturated carbocycles. The van der Waals surface area contributed by atoms with Gasteiger partial charge in [-0.05, 0) is 50.1 Å². The number of nitrogens with one attached hydrogen (secondary N) is 1. The Morgan fingerprint density at radius 3 is 2.20 bits per heavy atom. The summed E-state index contributed by atoms with van der Waals surface area (Å²) in [5.74, 6) is 0. The van der Waals surface area contributed by atoms with Crippen molar-refractivity contribution in [3.05, 3.63) is 57.6 Å². The molecule has 0 aliphatic rings. The first-order valence-corrected chi connectivity index (χ1v) is 7.11. The number of hydrogen-bond acceptors (Lipinski definition) is 2. The fourth-order valence-corrected chi connectivity index (χ4v) is 2.64. The number of rotatable bonds is 3. The average Bonchev–Trinajstić information content (AvgIpc) is 2.34. The van der Waals surface area contributed by atoms with E-state index in [1.54, 1.807) is 6.07 Å². The zero-order chi connectivity index (χ0) is 14.9. The Hall–Kier alpha value is -1.58. The third-order valence-electron chi connectivity index (χ3n) is 3.19. The molecular formula is C16H17ClN2S. The van der Waals surface area contributed by atoms with Crippen LogP contribution in [0.2, 0.25) is 5.02 Å². The van der Waals surface area contributed by atoms with Crippen molar-refractivity contribution in [2.24, 2.45) is 5.73 Å². The minimum atomic E-state index is 0.348. The summed E-state index contributed by atoms with van der Waals surface area (Å²) >= 11 is 11.2. The second kappa shape index (κ2) is 5.81. The lowest BCUT2D eigenvalue weighted by Gasteiger charge is -2.15. The van der Waals surface area contributed by atoms with Crippen LogP contribution >= 0.6 is 23.8 Å². The molecule has 2 rings (SSSR count). The number of nitrogens with two attached hydrogens (primary N) is 1. The molecule has 4 heteroatoms. The van der Waals surface area contributed by atoms with Gasteiger partial charge in [-0.25, -0.2) is 0 Å². The van der Waals surface area contributed by atoms with E-state index in [-0.39, 0.29) is 0 Å². The average molecular weight is 305 g/mol. The molecule has 2 aromatic carbocycles. The molecule has 2 aromatic rings. The standard InChI is InChI=1S/C16H17ClN2S/c1-9-6-10(2)15(11(3)7-9)19-14-5-4-12(16(18)20)8-13(14)17/h4-8,19H,1-3H3,(H2,18,20). The van der Waals surface area contributed by atoms with Crippen LogP contribution in [0, 0.1) is 20.8 Å². The Morgan fingerprint density at radius 1 is 1.10 bits per heavy atom. The van der Waals surface area contributed by atoms with Crippen molar-refractivity contribution in [3.63, 3.8) is 0 Å². The largest absolute Gasteiger partial charge is 0.389 e. The van der Waals surface area contributed by atoms with Crippen molar-refractivity contribution in [2.75, 3.05) is 5.32 Å². The predicted molar refractivity (Wildman–Crippen MR) is 91.3 cm³/mol. The number of aryl methyl sites for hydroxylation is 3. The SMILES string of the molecule is Cc1cc(C)c(Nc2ccc(C(N)=S)cc2Cl)c(C)c1. The number of anilines is 2. The van der Waals surface area contributed by atoms with Crippen LogP contribution in [0.4, 0.5) is 11.4 Å². The van der Waals surface area contributed by atoms with E-state index in [9.17, 15) is 0 Å². The summed E-state index contributed by atoms with van der Waals surface area (Å²) in [6.45, 7) is 6.26. The highest BCUT2D eigenvalue weighted by molar-refractivity contribution is 7.80. The van der Waals surface area contributed by atoms with Gasteiger partial charge in [-0.3, -0.25) is 0 Å². The normalized spacial score (nSPS) is 10.4. The molecule has 0 amide bonds. The summed E-state index contributed by atoms with van der Waals surface area (Å²) < 4.78 is 0. The summed E-state index contributed by atoms with van der Waals surface area (Å²) in [5.41, 5.74) is 11.9. The van der Waals surface area contributed by atoms with E-state index >= 15 is 0 Å². The lowest BCUT2D eigenvalue weighted by atomic mass is 10.0. The predicted octanol–water partition coefficient (Wildman–Crippen LogP) is 4.64. The maximum absolute atomic E-state index is 6.28. The molecule has 0 bridgehead atoms. The third-order valence-corrected chi connectivity index (χ3v) is 3.74. The molecule has 0 aromatic heterocycles. The maximum atomic E-state index is 6.28. The fourth-order valence-electron chi connectivity index (χ4n) is 2.28.